The first-order valence-electron chi connectivity index (χ1n) is 5.61. The fourth-order valence-corrected chi connectivity index (χ4v) is 2.82. The molecule has 98 valence electrons. The predicted molar refractivity (Wildman–Crippen MR) is 67.1 cm³/mol. The van der Waals surface area contributed by atoms with Gasteiger partial charge in [-0.3, -0.25) is 9.59 Å². The van der Waals surface area contributed by atoms with E-state index in [9.17, 15) is 9.59 Å². The first-order chi connectivity index (χ1) is 8.46. The average molecular weight is 269 g/mol. The Morgan fingerprint density at radius 3 is 2.78 bits per heavy atom. The van der Waals surface area contributed by atoms with Crippen molar-refractivity contribution >= 4 is 23.2 Å². The first-order valence-corrected chi connectivity index (χ1v) is 6.49. The minimum atomic E-state index is -0.846. The van der Waals surface area contributed by atoms with Gasteiger partial charge in [0.15, 0.2) is 0 Å². The molecule has 2 rings (SSSR count). The highest BCUT2D eigenvalue weighted by molar-refractivity contribution is 7.12. The topological polar surface area (TPSA) is 66.8 Å². The Labute approximate surface area is 109 Å². The standard InChI is InChI=1S/C12H15NO4S/c1-12(11(15)16)3-4-13(7-12)10(14)9-5-8(17-2)6-18-9/h5-6H,3-4,7H2,1-2H3,(H,15,16)/t12-/m1/s1. The van der Waals surface area contributed by atoms with Gasteiger partial charge in [-0.15, -0.1) is 11.3 Å². The number of likely N-dealkylation sites (tertiary alicyclic amines) is 1. The molecule has 0 aromatic carbocycles. The number of hydrogen-bond acceptors (Lipinski definition) is 4. The number of rotatable bonds is 3. The largest absolute Gasteiger partial charge is 0.496 e. The molecule has 0 aliphatic carbocycles. The van der Waals surface area contributed by atoms with Crippen LogP contribution < -0.4 is 4.74 Å². The number of carboxylic acids is 1. The molecule has 1 aromatic heterocycles. The van der Waals surface area contributed by atoms with Crippen LogP contribution in [0.3, 0.4) is 0 Å². The number of methoxy groups -OCH3 is 1. The third-order valence-electron chi connectivity index (χ3n) is 3.30. The van der Waals surface area contributed by atoms with Gasteiger partial charge in [0.2, 0.25) is 0 Å². The van der Waals surface area contributed by atoms with Crippen LogP contribution in [-0.2, 0) is 4.79 Å². The van der Waals surface area contributed by atoms with E-state index in [1.54, 1.807) is 30.4 Å². The van der Waals surface area contributed by atoms with E-state index in [1.807, 2.05) is 0 Å². The van der Waals surface area contributed by atoms with Crippen molar-refractivity contribution in [3.8, 4) is 5.75 Å². The van der Waals surface area contributed by atoms with Gasteiger partial charge in [-0.05, 0) is 13.3 Å². The molecule has 1 amide bonds. The minimum Gasteiger partial charge on any atom is -0.496 e. The van der Waals surface area contributed by atoms with Crippen molar-refractivity contribution in [1.29, 1.82) is 0 Å². The summed E-state index contributed by atoms with van der Waals surface area (Å²) in [7, 11) is 1.55. The molecule has 0 saturated carbocycles. The molecule has 1 N–H and O–H groups in total. The van der Waals surface area contributed by atoms with Crippen molar-refractivity contribution in [2.24, 2.45) is 5.41 Å². The number of ether oxygens (including phenoxy) is 1. The van der Waals surface area contributed by atoms with Gasteiger partial charge in [0, 0.05) is 24.5 Å². The molecule has 0 spiro atoms. The first kappa shape index (κ1) is 12.9. The average Bonchev–Trinajstić information content (AvgIpc) is 2.95. The second-order valence-corrected chi connectivity index (χ2v) is 5.60. The number of carbonyl (C=O) groups excluding carboxylic acids is 1. The lowest BCUT2D eigenvalue weighted by Gasteiger charge is -2.19. The monoisotopic (exact) mass is 269 g/mol. The molecule has 1 fully saturated rings. The number of nitrogens with zero attached hydrogens (tertiary/aromatic N) is 1. The molecule has 0 bridgehead atoms. The Morgan fingerprint density at radius 2 is 2.28 bits per heavy atom. The van der Waals surface area contributed by atoms with Gasteiger partial charge >= 0.3 is 5.97 Å². The van der Waals surface area contributed by atoms with Gasteiger partial charge in [-0.2, -0.15) is 0 Å². The van der Waals surface area contributed by atoms with E-state index >= 15 is 0 Å². The van der Waals surface area contributed by atoms with Gasteiger partial charge in [-0.1, -0.05) is 0 Å². The Bertz CT molecular complexity index is 484. The second-order valence-electron chi connectivity index (χ2n) is 4.69. The summed E-state index contributed by atoms with van der Waals surface area (Å²) in [5.41, 5.74) is -0.822. The van der Waals surface area contributed by atoms with Crippen LogP contribution in [0.15, 0.2) is 11.4 Å². The molecule has 1 aliphatic rings. The quantitative estimate of drug-likeness (QED) is 0.906. The van der Waals surface area contributed by atoms with E-state index in [-0.39, 0.29) is 12.5 Å². The van der Waals surface area contributed by atoms with Crippen LogP contribution in [0.1, 0.15) is 23.0 Å². The highest BCUT2D eigenvalue weighted by Gasteiger charge is 2.42. The Morgan fingerprint density at radius 1 is 1.56 bits per heavy atom. The summed E-state index contributed by atoms with van der Waals surface area (Å²) in [6.07, 6.45) is 0.497. The fourth-order valence-electron chi connectivity index (χ4n) is 2.00. The molecule has 1 atom stereocenters. The highest BCUT2D eigenvalue weighted by atomic mass is 32.1. The summed E-state index contributed by atoms with van der Waals surface area (Å²) in [6.45, 7) is 2.43. The van der Waals surface area contributed by atoms with Gasteiger partial charge in [0.05, 0.1) is 17.4 Å². The third-order valence-corrected chi connectivity index (χ3v) is 4.20. The molecular weight excluding hydrogens is 254 g/mol. The van der Waals surface area contributed by atoms with Crippen LogP contribution in [0.5, 0.6) is 5.75 Å². The molecule has 1 saturated heterocycles. The molecule has 6 heteroatoms. The number of carboxylic acid groups (broad SMARTS) is 1. The lowest BCUT2D eigenvalue weighted by molar-refractivity contribution is -0.147. The van der Waals surface area contributed by atoms with Gasteiger partial charge in [-0.25, -0.2) is 0 Å². The van der Waals surface area contributed by atoms with Gasteiger partial charge in [0.1, 0.15) is 5.75 Å². The molecule has 18 heavy (non-hydrogen) atoms. The van der Waals surface area contributed by atoms with Gasteiger partial charge < -0.3 is 14.7 Å². The maximum absolute atomic E-state index is 12.2. The van der Waals surface area contributed by atoms with E-state index < -0.39 is 11.4 Å². The number of carbonyl (C=O) groups is 2. The molecule has 0 unspecified atom stereocenters. The zero-order valence-corrected chi connectivity index (χ0v) is 11.1. The van der Waals surface area contributed by atoms with Crippen molar-refractivity contribution in [2.75, 3.05) is 20.2 Å². The SMILES string of the molecule is COc1csc(C(=O)N2CC[C@@](C)(C(=O)O)C2)c1. The summed E-state index contributed by atoms with van der Waals surface area (Å²) < 4.78 is 5.03. The van der Waals surface area contributed by atoms with Crippen LogP contribution in [0.2, 0.25) is 0 Å². The maximum atomic E-state index is 12.2. The third kappa shape index (κ3) is 2.20. The summed E-state index contributed by atoms with van der Waals surface area (Å²) in [5, 5.41) is 10.9. The smallest absolute Gasteiger partial charge is 0.311 e. The van der Waals surface area contributed by atoms with Crippen molar-refractivity contribution in [3.63, 3.8) is 0 Å². The predicted octanol–water partition coefficient (Wildman–Crippen LogP) is 1.69. The zero-order chi connectivity index (χ0) is 13.3. The number of thiophene rings is 1. The number of amides is 1. The summed E-state index contributed by atoms with van der Waals surface area (Å²) in [6, 6.07) is 1.68. The maximum Gasteiger partial charge on any atom is 0.311 e. The highest BCUT2D eigenvalue weighted by Crippen LogP contribution is 2.32. The molecular formula is C12H15NO4S. The fraction of sp³-hybridized carbons (Fsp3) is 0.500. The molecule has 2 heterocycles. The van der Waals surface area contributed by atoms with Crippen LogP contribution >= 0.6 is 11.3 Å². The van der Waals surface area contributed by atoms with E-state index in [0.717, 1.165) is 0 Å². The minimum absolute atomic E-state index is 0.117. The molecule has 1 aliphatic heterocycles. The van der Waals surface area contributed by atoms with E-state index in [4.69, 9.17) is 9.84 Å². The molecule has 5 nitrogen and oxygen atoms in total. The van der Waals surface area contributed by atoms with E-state index in [0.29, 0.717) is 23.6 Å². The summed E-state index contributed by atoms with van der Waals surface area (Å²) in [4.78, 5) is 25.5. The van der Waals surface area contributed by atoms with Crippen molar-refractivity contribution in [2.45, 2.75) is 13.3 Å². The van der Waals surface area contributed by atoms with Crippen LogP contribution in [0.25, 0.3) is 0 Å². The summed E-state index contributed by atoms with van der Waals surface area (Å²) >= 11 is 1.31. The Kier molecular flexibility index (Phi) is 3.30. The van der Waals surface area contributed by atoms with Crippen molar-refractivity contribution < 1.29 is 19.4 Å². The molecule has 1 aromatic rings. The van der Waals surface area contributed by atoms with Gasteiger partial charge in [0.25, 0.3) is 5.91 Å². The lowest BCUT2D eigenvalue weighted by Crippen LogP contribution is -2.34. The van der Waals surface area contributed by atoms with Crippen LogP contribution in [0.4, 0.5) is 0 Å². The Balaban J connectivity index is 2.10. The van der Waals surface area contributed by atoms with E-state index in [1.165, 1.54) is 11.3 Å². The zero-order valence-electron chi connectivity index (χ0n) is 10.3. The van der Waals surface area contributed by atoms with Crippen LogP contribution in [0, 0.1) is 5.41 Å². The number of aliphatic carboxylic acids is 1. The molecule has 0 radical (unpaired) electrons. The van der Waals surface area contributed by atoms with Crippen molar-refractivity contribution in [3.05, 3.63) is 16.3 Å². The lowest BCUT2D eigenvalue weighted by atomic mass is 9.90. The van der Waals surface area contributed by atoms with Crippen molar-refractivity contribution in [1.82, 2.24) is 4.90 Å². The van der Waals surface area contributed by atoms with Crippen LogP contribution in [-0.4, -0.2) is 42.1 Å². The summed E-state index contributed by atoms with van der Waals surface area (Å²) in [5.74, 6) is -0.307. The second kappa shape index (κ2) is 4.61. The number of hydrogen-bond donors (Lipinski definition) is 1. The normalized spacial score (nSPS) is 23.1. The van der Waals surface area contributed by atoms with E-state index in [2.05, 4.69) is 0 Å². The Hall–Kier alpha value is -1.56.